The number of nitriles is 1. The van der Waals surface area contributed by atoms with E-state index in [9.17, 15) is 4.39 Å². The first-order valence-corrected chi connectivity index (χ1v) is 9.52. The van der Waals surface area contributed by atoms with Crippen LogP contribution in [-0.2, 0) is 6.54 Å². The number of ether oxygens (including phenoxy) is 1. The smallest absolute Gasteiger partial charge is 0.229 e. The molecule has 0 radical (unpaired) electrons. The molecule has 2 aromatic carbocycles. The fourth-order valence-electron chi connectivity index (χ4n) is 2.77. The fraction of sp³-hybridized carbons (Fsp3) is 0.286. The second kappa shape index (κ2) is 9.39. The lowest BCUT2D eigenvalue weighted by Crippen LogP contribution is -2.44. The van der Waals surface area contributed by atoms with E-state index in [2.05, 4.69) is 16.1 Å². The molecule has 3 rings (SSSR count). The molecule has 2 aromatic rings. The molecule has 150 valence electrons. The molecule has 1 aliphatic heterocycles. The summed E-state index contributed by atoms with van der Waals surface area (Å²) >= 11 is 5.96. The highest BCUT2D eigenvalue weighted by Gasteiger charge is 2.19. The molecule has 8 heteroatoms. The Bertz CT molecular complexity index is 953. The molecule has 0 amide bonds. The van der Waals surface area contributed by atoms with E-state index in [4.69, 9.17) is 21.6 Å². The molecule has 1 heterocycles. The Kier molecular flexibility index (Phi) is 6.68. The van der Waals surface area contributed by atoms with Crippen molar-refractivity contribution in [2.24, 2.45) is 9.98 Å². The summed E-state index contributed by atoms with van der Waals surface area (Å²) in [6, 6.07) is 14.2. The van der Waals surface area contributed by atoms with Crippen molar-refractivity contribution < 1.29 is 9.13 Å². The van der Waals surface area contributed by atoms with Gasteiger partial charge >= 0.3 is 0 Å². The summed E-state index contributed by atoms with van der Waals surface area (Å²) in [5, 5.41) is 9.63. The molecular weight excluding hydrogens is 393 g/mol. The Morgan fingerprint density at radius 3 is 2.69 bits per heavy atom. The molecule has 0 aliphatic carbocycles. The van der Waals surface area contributed by atoms with Gasteiger partial charge in [0.05, 0.1) is 30.9 Å². The Labute approximate surface area is 174 Å². The van der Waals surface area contributed by atoms with E-state index in [1.54, 1.807) is 23.4 Å². The Hall–Kier alpha value is -3.11. The summed E-state index contributed by atoms with van der Waals surface area (Å²) in [4.78, 5) is 12.6. The van der Waals surface area contributed by atoms with Gasteiger partial charge in [-0.2, -0.15) is 5.26 Å². The third kappa shape index (κ3) is 5.69. The van der Waals surface area contributed by atoms with E-state index in [1.807, 2.05) is 43.0 Å². The first-order chi connectivity index (χ1) is 13.9. The summed E-state index contributed by atoms with van der Waals surface area (Å²) < 4.78 is 19.7. The topological polar surface area (TPSA) is 64.2 Å². The van der Waals surface area contributed by atoms with E-state index >= 15 is 0 Å². The third-order valence-electron chi connectivity index (χ3n) is 4.04. The number of benzene rings is 2. The lowest BCUT2D eigenvalue weighted by molar-refractivity contribution is 0.231. The van der Waals surface area contributed by atoms with Gasteiger partial charge in [-0.1, -0.05) is 23.7 Å². The van der Waals surface area contributed by atoms with Crippen molar-refractivity contribution >= 4 is 29.6 Å². The zero-order valence-electron chi connectivity index (χ0n) is 16.2. The predicted octanol–water partition coefficient (Wildman–Crippen LogP) is 4.58. The molecule has 0 fully saturated rings. The Balaban J connectivity index is 1.86. The van der Waals surface area contributed by atoms with E-state index in [-0.39, 0.29) is 18.4 Å². The van der Waals surface area contributed by atoms with Crippen molar-refractivity contribution in [3.05, 3.63) is 58.9 Å². The highest BCUT2D eigenvalue weighted by Crippen LogP contribution is 2.25. The minimum Gasteiger partial charge on any atom is -0.488 e. The molecule has 6 nitrogen and oxygen atoms in total. The monoisotopic (exact) mass is 413 g/mol. The molecule has 0 spiro atoms. The number of hydrogen-bond acceptors (Lipinski definition) is 4. The fourth-order valence-corrected chi connectivity index (χ4v) is 2.90. The van der Waals surface area contributed by atoms with E-state index in [0.717, 1.165) is 5.56 Å². The molecule has 0 N–H and O–H groups in total. The van der Waals surface area contributed by atoms with Gasteiger partial charge in [0.2, 0.25) is 5.96 Å². The van der Waals surface area contributed by atoms with Crippen LogP contribution in [0, 0.1) is 17.1 Å². The number of halogens is 2. The van der Waals surface area contributed by atoms with Crippen LogP contribution in [0.2, 0.25) is 5.02 Å². The molecule has 29 heavy (non-hydrogen) atoms. The third-order valence-corrected chi connectivity index (χ3v) is 4.29. The normalized spacial score (nSPS) is 15.1. The van der Waals surface area contributed by atoms with Gasteiger partial charge in [0, 0.05) is 17.6 Å². The maximum atomic E-state index is 14.3. The minimum absolute atomic E-state index is 0.120. The quantitative estimate of drug-likeness (QED) is 0.650. The second-order valence-electron chi connectivity index (χ2n) is 6.81. The molecular formula is C21H21ClFN5O. The van der Waals surface area contributed by atoms with Crippen LogP contribution in [0.1, 0.15) is 19.4 Å². The van der Waals surface area contributed by atoms with E-state index in [0.29, 0.717) is 29.9 Å². The molecule has 0 unspecified atom stereocenters. The van der Waals surface area contributed by atoms with Gasteiger partial charge in [0.15, 0.2) is 11.6 Å². The first kappa shape index (κ1) is 20.6. The largest absolute Gasteiger partial charge is 0.488 e. The lowest BCUT2D eigenvalue weighted by atomic mass is 10.2. The maximum absolute atomic E-state index is 14.3. The van der Waals surface area contributed by atoms with Crippen LogP contribution >= 0.6 is 11.6 Å². The number of aliphatic imine (C=N–C) groups is 2. The van der Waals surface area contributed by atoms with Gasteiger partial charge < -0.3 is 14.5 Å². The van der Waals surface area contributed by atoms with Crippen LogP contribution < -0.4 is 4.74 Å². The summed E-state index contributed by atoms with van der Waals surface area (Å²) in [7, 11) is 0. The van der Waals surface area contributed by atoms with Gasteiger partial charge in [-0.3, -0.25) is 0 Å². The zero-order chi connectivity index (χ0) is 20.8. The highest BCUT2D eigenvalue weighted by atomic mass is 35.5. The molecule has 0 saturated carbocycles. The number of rotatable bonds is 6. The van der Waals surface area contributed by atoms with Crippen LogP contribution in [0.5, 0.6) is 5.75 Å². The molecule has 0 saturated heterocycles. The van der Waals surface area contributed by atoms with Gasteiger partial charge in [0.1, 0.15) is 6.54 Å². The predicted molar refractivity (Wildman–Crippen MR) is 112 cm³/mol. The van der Waals surface area contributed by atoms with E-state index in [1.165, 1.54) is 6.07 Å². The SMILES string of the molecule is CC(C)Oc1ccc(N=C2N=CN(CC#N)CN2Cc2ccc(Cl)cc2)cc1F. The van der Waals surface area contributed by atoms with Gasteiger partial charge in [-0.05, 0) is 43.7 Å². The lowest BCUT2D eigenvalue weighted by Gasteiger charge is -2.32. The van der Waals surface area contributed by atoms with Crippen molar-refractivity contribution in [1.82, 2.24) is 9.80 Å². The van der Waals surface area contributed by atoms with Crippen LogP contribution in [0.4, 0.5) is 10.1 Å². The van der Waals surface area contributed by atoms with Crippen molar-refractivity contribution in [2.45, 2.75) is 26.5 Å². The minimum atomic E-state index is -0.476. The summed E-state index contributed by atoms with van der Waals surface area (Å²) in [6.07, 6.45) is 1.46. The van der Waals surface area contributed by atoms with Crippen LogP contribution in [-0.4, -0.2) is 41.4 Å². The highest BCUT2D eigenvalue weighted by molar-refractivity contribution is 6.30. The number of guanidine groups is 1. The van der Waals surface area contributed by atoms with Crippen LogP contribution in [0.25, 0.3) is 0 Å². The van der Waals surface area contributed by atoms with E-state index < -0.39 is 5.82 Å². The van der Waals surface area contributed by atoms with Crippen molar-refractivity contribution in [2.75, 3.05) is 13.2 Å². The maximum Gasteiger partial charge on any atom is 0.229 e. The number of hydrogen-bond donors (Lipinski definition) is 0. The van der Waals surface area contributed by atoms with Gasteiger partial charge in [0.25, 0.3) is 0 Å². The summed E-state index contributed by atoms with van der Waals surface area (Å²) in [6.45, 7) is 4.85. The second-order valence-corrected chi connectivity index (χ2v) is 7.24. The van der Waals surface area contributed by atoms with Gasteiger partial charge in [-0.25, -0.2) is 14.4 Å². The summed E-state index contributed by atoms with van der Waals surface area (Å²) in [5.41, 5.74) is 1.45. The number of nitrogens with zero attached hydrogens (tertiary/aromatic N) is 5. The molecule has 0 bridgehead atoms. The van der Waals surface area contributed by atoms with Crippen LogP contribution in [0.3, 0.4) is 0 Å². The Morgan fingerprint density at radius 1 is 1.28 bits per heavy atom. The average Bonchev–Trinajstić information content (AvgIpc) is 2.68. The van der Waals surface area contributed by atoms with Crippen molar-refractivity contribution in [3.8, 4) is 11.8 Å². The first-order valence-electron chi connectivity index (χ1n) is 9.14. The molecule has 0 atom stereocenters. The average molecular weight is 414 g/mol. The standard InChI is InChI=1S/C21H21ClFN5O/c1-15(2)29-20-8-7-18(11-19(20)23)26-21-25-13-27(10-9-24)14-28(21)12-16-3-5-17(22)6-4-16/h3-8,11,13,15H,10,12,14H2,1-2H3. The molecule has 1 aliphatic rings. The van der Waals surface area contributed by atoms with Crippen LogP contribution in [0.15, 0.2) is 52.4 Å². The van der Waals surface area contributed by atoms with Gasteiger partial charge in [-0.15, -0.1) is 0 Å². The molecule has 0 aromatic heterocycles. The zero-order valence-corrected chi connectivity index (χ0v) is 17.0. The van der Waals surface area contributed by atoms with Crippen molar-refractivity contribution in [3.63, 3.8) is 0 Å². The summed E-state index contributed by atoms with van der Waals surface area (Å²) in [5.74, 6) is 0.149. The Morgan fingerprint density at radius 2 is 2.03 bits per heavy atom. The van der Waals surface area contributed by atoms with Crippen molar-refractivity contribution in [1.29, 1.82) is 5.26 Å².